The predicted molar refractivity (Wildman–Crippen MR) is 64.6 cm³/mol. The number of ether oxygens (including phenoxy) is 1. The van der Waals surface area contributed by atoms with Crippen LogP contribution < -0.4 is 11.1 Å². The Labute approximate surface area is 100 Å². The number of hydrogen-bond acceptors (Lipinski definition) is 4. The number of carbonyl (C=O) groups is 1. The minimum atomic E-state index is -0.190. The average Bonchev–Trinajstić information content (AvgIpc) is 2.38. The van der Waals surface area contributed by atoms with Crippen LogP contribution >= 0.6 is 0 Å². The van der Waals surface area contributed by atoms with E-state index in [-0.39, 0.29) is 17.8 Å². The molecule has 5 heteroatoms. The molecular weight excluding hydrogens is 218 g/mol. The smallest absolute Gasteiger partial charge is 0.255 e. The van der Waals surface area contributed by atoms with Crippen LogP contribution in [0.1, 0.15) is 29.6 Å². The molecule has 1 atom stereocenters. The van der Waals surface area contributed by atoms with E-state index in [9.17, 15) is 4.79 Å². The lowest BCUT2D eigenvalue weighted by Crippen LogP contribution is -2.35. The molecule has 2 heterocycles. The van der Waals surface area contributed by atoms with E-state index < -0.39 is 0 Å². The lowest BCUT2D eigenvalue weighted by atomic mass is 10.1. The van der Waals surface area contributed by atoms with E-state index in [1.165, 1.54) is 0 Å². The fraction of sp³-hybridized carbons (Fsp3) is 0.500. The standard InChI is InChI=1S/C12H17N3O2/c13-11-10(5-3-6-14-11)12(16)15-8-9-4-1-2-7-17-9/h3,5-6,9H,1-2,4,7-8H2,(H2,13,14)(H,15,16). The highest BCUT2D eigenvalue weighted by Crippen LogP contribution is 2.12. The number of rotatable bonds is 3. The third-order valence-corrected chi connectivity index (χ3v) is 2.85. The molecule has 1 aliphatic heterocycles. The molecule has 1 aliphatic rings. The predicted octanol–water partition coefficient (Wildman–Crippen LogP) is 0.963. The van der Waals surface area contributed by atoms with E-state index in [1.807, 2.05) is 0 Å². The van der Waals surface area contributed by atoms with Crippen molar-refractivity contribution in [2.75, 3.05) is 18.9 Å². The van der Waals surface area contributed by atoms with Gasteiger partial charge in [-0.2, -0.15) is 0 Å². The van der Waals surface area contributed by atoms with Gasteiger partial charge in [-0.15, -0.1) is 0 Å². The zero-order chi connectivity index (χ0) is 12.1. The lowest BCUT2D eigenvalue weighted by molar-refractivity contribution is 0.0169. The summed E-state index contributed by atoms with van der Waals surface area (Å²) in [6.45, 7) is 1.32. The van der Waals surface area contributed by atoms with Gasteiger partial charge >= 0.3 is 0 Å². The highest BCUT2D eigenvalue weighted by atomic mass is 16.5. The van der Waals surface area contributed by atoms with Crippen LogP contribution in [0.5, 0.6) is 0 Å². The van der Waals surface area contributed by atoms with Crippen molar-refractivity contribution in [2.24, 2.45) is 0 Å². The molecule has 0 aliphatic carbocycles. The van der Waals surface area contributed by atoms with Crippen LogP contribution in [0.4, 0.5) is 5.82 Å². The minimum absolute atomic E-state index is 0.130. The Kier molecular flexibility index (Phi) is 3.93. The molecule has 92 valence electrons. The molecular formula is C12H17N3O2. The van der Waals surface area contributed by atoms with E-state index in [0.717, 1.165) is 25.9 Å². The van der Waals surface area contributed by atoms with Gasteiger partial charge in [0.15, 0.2) is 0 Å². The summed E-state index contributed by atoms with van der Waals surface area (Å²) in [6, 6.07) is 3.36. The summed E-state index contributed by atoms with van der Waals surface area (Å²) in [4.78, 5) is 15.7. The second-order valence-corrected chi connectivity index (χ2v) is 4.13. The van der Waals surface area contributed by atoms with Crippen molar-refractivity contribution in [2.45, 2.75) is 25.4 Å². The molecule has 1 aromatic rings. The van der Waals surface area contributed by atoms with Gasteiger partial charge in [0, 0.05) is 19.3 Å². The highest BCUT2D eigenvalue weighted by Gasteiger charge is 2.16. The molecule has 3 N–H and O–H groups in total. The summed E-state index contributed by atoms with van der Waals surface area (Å²) in [5.41, 5.74) is 6.05. The highest BCUT2D eigenvalue weighted by molar-refractivity contribution is 5.98. The summed E-state index contributed by atoms with van der Waals surface area (Å²) in [5.74, 6) is 0.0688. The molecule has 5 nitrogen and oxygen atoms in total. The van der Waals surface area contributed by atoms with Crippen molar-refractivity contribution in [3.8, 4) is 0 Å². The number of nitrogen functional groups attached to an aromatic ring is 1. The van der Waals surface area contributed by atoms with Crippen molar-refractivity contribution in [3.63, 3.8) is 0 Å². The molecule has 0 spiro atoms. The van der Waals surface area contributed by atoms with Crippen LogP contribution in [0.15, 0.2) is 18.3 Å². The number of pyridine rings is 1. The van der Waals surface area contributed by atoms with Crippen LogP contribution in [0.3, 0.4) is 0 Å². The quantitative estimate of drug-likeness (QED) is 0.818. The van der Waals surface area contributed by atoms with Gasteiger partial charge in [0.25, 0.3) is 5.91 Å². The van der Waals surface area contributed by atoms with Crippen molar-refractivity contribution in [3.05, 3.63) is 23.9 Å². The fourth-order valence-corrected chi connectivity index (χ4v) is 1.88. The maximum atomic E-state index is 11.8. The number of nitrogens with two attached hydrogens (primary N) is 1. The molecule has 1 unspecified atom stereocenters. The molecule has 2 rings (SSSR count). The SMILES string of the molecule is Nc1ncccc1C(=O)NCC1CCCCO1. The lowest BCUT2D eigenvalue weighted by Gasteiger charge is -2.22. The third-order valence-electron chi connectivity index (χ3n) is 2.85. The van der Waals surface area contributed by atoms with E-state index >= 15 is 0 Å². The van der Waals surface area contributed by atoms with Crippen molar-refractivity contribution >= 4 is 11.7 Å². The number of nitrogens with one attached hydrogen (secondary N) is 1. The first-order chi connectivity index (χ1) is 8.27. The van der Waals surface area contributed by atoms with Gasteiger partial charge < -0.3 is 15.8 Å². The Morgan fingerprint density at radius 1 is 1.59 bits per heavy atom. The maximum Gasteiger partial charge on any atom is 0.255 e. The first-order valence-corrected chi connectivity index (χ1v) is 5.87. The second-order valence-electron chi connectivity index (χ2n) is 4.13. The molecule has 0 aromatic carbocycles. The number of nitrogens with zero attached hydrogens (tertiary/aromatic N) is 1. The number of anilines is 1. The van der Waals surface area contributed by atoms with Crippen molar-refractivity contribution < 1.29 is 9.53 Å². The van der Waals surface area contributed by atoms with Crippen LogP contribution in [0, 0.1) is 0 Å². The summed E-state index contributed by atoms with van der Waals surface area (Å²) in [7, 11) is 0. The largest absolute Gasteiger partial charge is 0.383 e. The molecule has 17 heavy (non-hydrogen) atoms. The van der Waals surface area contributed by atoms with E-state index in [0.29, 0.717) is 12.1 Å². The zero-order valence-electron chi connectivity index (χ0n) is 9.69. The molecule has 0 saturated carbocycles. The number of aromatic nitrogens is 1. The Morgan fingerprint density at radius 2 is 2.47 bits per heavy atom. The average molecular weight is 235 g/mol. The van der Waals surface area contributed by atoms with Crippen LogP contribution in [-0.2, 0) is 4.74 Å². The number of carbonyl (C=O) groups excluding carboxylic acids is 1. The first kappa shape index (κ1) is 11.9. The number of amides is 1. The van der Waals surface area contributed by atoms with E-state index in [2.05, 4.69) is 10.3 Å². The van der Waals surface area contributed by atoms with Gasteiger partial charge in [0.1, 0.15) is 5.82 Å². The van der Waals surface area contributed by atoms with Gasteiger partial charge in [-0.25, -0.2) is 4.98 Å². The molecule has 1 aromatic heterocycles. The van der Waals surface area contributed by atoms with Gasteiger partial charge in [0.2, 0.25) is 0 Å². The van der Waals surface area contributed by atoms with Crippen LogP contribution in [-0.4, -0.2) is 30.1 Å². The molecule has 1 saturated heterocycles. The fourth-order valence-electron chi connectivity index (χ4n) is 1.88. The van der Waals surface area contributed by atoms with E-state index in [4.69, 9.17) is 10.5 Å². The zero-order valence-corrected chi connectivity index (χ0v) is 9.69. The Morgan fingerprint density at radius 3 is 3.18 bits per heavy atom. The number of hydrogen-bond donors (Lipinski definition) is 2. The Balaban J connectivity index is 1.87. The normalized spacial score (nSPS) is 19.9. The van der Waals surface area contributed by atoms with Crippen molar-refractivity contribution in [1.29, 1.82) is 0 Å². The van der Waals surface area contributed by atoms with E-state index in [1.54, 1.807) is 18.3 Å². The first-order valence-electron chi connectivity index (χ1n) is 5.87. The molecule has 0 radical (unpaired) electrons. The molecule has 1 amide bonds. The maximum absolute atomic E-state index is 11.8. The van der Waals surface area contributed by atoms with Gasteiger partial charge in [-0.3, -0.25) is 4.79 Å². The van der Waals surface area contributed by atoms with Crippen LogP contribution in [0.2, 0.25) is 0 Å². The minimum Gasteiger partial charge on any atom is -0.383 e. The summed E-state index contributed by atoms with van der Waals surface area (Å²) in [6.07, 6.45) is 4.97. The van der Waals surface area contributed by atoms with Gasteiger partial charge in [0.05, 0.1) is 11.7 Å². The van der Waals surface area contributed by atoms with Gasteiger partial charge in [-0.05, 0) is 31.4 Å². The monoisotopic (exact) mass is 235 g/mol. The van der Waals surface area contributed by atoms with Gasteiger partial charge in [-0.1, -0.05) is 0 Å². The topological polar surface area (TPSA) is 77.2 Å². The summed E-state index contributed by atoms with van der Waals surface area (Å²) in [5, 5.41) is 2.83. The summed E-state index contributed by atoms with van der Waals surface area (Å²) >= 11 is 0. The second kappa shape index (κ2) is 5.63. The Hall–Kier alpha value is -1.62. The molecule has 0 bridgehead atoms. The summed E-state index contributed by atoms with van der Waals surface area (Å²) < 4.78 is 5.53. The molecule has 1 fully saturated rings. The third kappa shape index (κ3) is 3.17. The van der Waals surface area contributed by atoms with Crippen molar-refractivity contribution in [1.82, 2.24) is 10.3 Å². The Bertz CT molecular complexity index is 389. The van der Waals surface area contributed by atoms with Crippen LogP contribution in [0.25, 0.3) is 0 Å².